The second kappa shape index (κ2) is 3.10. The SMILES string of the molecule is CC(C)N1CC2(COCC2I)C1. The van der Waals surface area contributed by atoms with Crippen LogP contribution in [0.4, 0.5) is 0 Å². The molecule has 2 aliphatic rings. The topological polar surface area (TPSA) is 12.5 Å². The molecule has 0 aromatic carbocycles. The molecule has 2 heterocycles. The molecule has 2 saturated heterocycles. The fourth-order valence-electron chi connectivity index (χ4n) is 2.05. The molecule has 2 nitrogen and oxygen atoms in total. The minimum atomic E-state index is 0.519. The van der Waals surface area contributed by atoms with Crippen LogP contribution in [-0.2, 0) is 4.74 Å². The molecule has 1 unspecified atom stereocenters. The van der Waals surface area contributed by atoms with Crippen molar-refractivity contribution in [3.8, 4) is 0 Å². The highest BCUT2D eigenvalue weighted by Crippen LogP contribution is 2.43. The molecule has 2 aliphatic heterocycles. The molecule has 0 aromatic heterocycles. The van der Waals surface area contributed by atoms with E-state index in [-0.39, 0.29) is 0 Å². The summed E-state index contributed by atoms with van der Waals surface area (Å²) in [6.07, 6.45) is 0. The quantitative estimate of drug-likeness (QED) is 0.534. The summed E-state index contributed by atoms with van der Waals surface area (Å²) in [5, 5.41) is 0. The Morgan fingerprint density at radius 1 is 1.50 bits per heavy atom. The van der Waals surface area contributed by atoms with Gasteiger partial charge in [0, 0.05) is 28.5 Å². The minimum Gasteiger partial charge on any atom is -0.380 e. The van der Waals surface area contributed by atoms with E-state index in [1.807, 2.05) is 0 Å². The molecule has 0 radical (unpaired) electrons. The molecule has 0 aromatic rings. The highest BCUT2D eigenvalue weighted by atomic mass is 127. The average molecular weight is 281 g/mol. The van der Waals surface area contributed by atoms with E-state index in [0.717, 1.165) is 17.1 Å². The van der Waals surface area contributed by atoms with Crippen LogP contribution in [0.5, 0.6) is 0 Å². The zero-order valence-corrected chi connectivity index (χ0v) is 9.87. The van der Waals surface area contributed by atoms with Gasteiger partial charge in [0.15, 0.2) is 0 Å². The van der Waals surface area contributed by atoms with Crippen molar-refractivity contribution >= 4 is 22.6 Å². The maximum absolute atomic E-state index is 5.51. The first-order valence-electron chi connectivity index (χ1n) is 4.60. The Hall–Kier alpha value is 0.650. The predicted molar refractivity (Wildman–Crippen MR) is 57.8 cm³/mol. The molecule has 70 valence electrons. The average Bonchev–Trinajstić information content (AvgIpc) is 2.26. The van der Waals surface area contributed by atoms with Crippen LogP contribution in [-0.4, -0.2) is 41.2 Å². The molecule has 2 fully saturated rings. The van der Waals surface area contributed by atoms with Crippen LogP contribution in [0.25, 0.3) is 0 Å². The number of alkyl halides is 1. The summed E-state index contributed by atoms with van der Waals surface area (Å²) >= 11 is 2.54. The lowest BCUT2D eigenvalue weighted by Crippen LogP contribution is -2.62. The summed E-state index contributed by atoms with van der Waals surface area (Å²) in [6.45, 7) is 8.99. The van der Waals surface area contributed by atoms with E-state index in [1.165, 1.54) is 13.1 Å². The molecule has 1 atom stereocenters. The number of rotatable bonds is 1. The fraction of sp³-hybridized carbons (Fsp3) is 1.00. The third kappa shape index (κ3) is 1.30. The van der Waals surface area contributed by atoms with Gasteiger partial charge in [-0.2, -0.15) is 0 Å². The van der Waals surface area contributed by atoms with Crippen molar-refractivity contribution in [1.29, 1.82) is 0 Å². The Bertz CT molecular complexity index is 177. The molecule has 0 amide bonds. The van der Waals surface area contributed by atoms with E-state index < -0.39 is 0 Å². The van der Waals surface area contributed by atoms with Crippen LogP contribution >= 0.6 is 22.6 Å². The first-order chi connectivity index (χ1) is 5.64. The Morgan fingerprint density at radius 2 is 2.17 bits per heavy atom. The molecule has 0 bridgehead atoms. The third-order valence-corrected chi connectivity index (χ3v) is 4.77. The van der Waals surface area contributed by atoms with Crippen LogP contribution in [0.1, 0.15) is 13.8 Å². The first kappa shape index (κ1) is 9.21. The molecule has 12 heavy (non-hydrogen) atoms. The molecular weight excluding hydrogens is 265 g/mol. The number of hydrogen-bond acceptors (Lipinski definition) is 2. The summed E-state index contributed by atoms with van der Waals surface area (Å²) in [6, 6.07) is 0.708. The lowest BCUT2D eigenvalue weighted by molar-refractivity contribution is -0.0224. The van der Waals surface area contributed by atoms with Gasteiger partial charge in [-0.05, 0) is 13.8 Å². The normalized spacial score (nSPS) is 34.5. The van der Waals surface area contributed by atoms with Crippen molar-refractivity contribution in [2.75, 3.05) is 26.3 Å². The van der Waals surface area contributed by atoms with E-state index >= 15 is 0 Å². The summed E-state index contributed by atoms with van der Waals surface area (Å²) in [5.41, 5.74) is 0.519. The molecular formula is C9H16INO. The van der Waals surface area contributed by atoms with E-state index in [4.69, 9.17) is 4.74 Å². The molecule has 0 saturated carbocycles. The number of halogens is 1. The van der Waals surface area contributed by atoms with Gasteiger partial charge >= 0.3 is 0 Å². The van der Waals surface area contributed by atoms with Gasteiger partial charge in [0.05, 0.1) is 13.2 Å². The van der Waals surface area contributed by atoms with Gasteiger partial charge in [0.1, 0.15) is 0 Å². The zero-order chi connectivity index (χ0) is 8.77. The summed E-state index contributed by atoms with van der Waals surface area (Å²) < 4.78 is 6.25. The van der Waals surface area contributed by atoms with Crippen LogP contribution < -0.4 is 0 Å². The van der Waals surface area contributed by atoms with Gasteiger partial charge < -0.3 is 4.74 Å². The smallest absolute Gasteiger partial charge is 0.0591 e. The summed E-state index contributed by atoms with van der Waals surface area (Å²) in [7, 11) is 0. The van der Waals surface area contributed by atoms with Crippen molar-refractivity contribution in [2.24, 2.45) is 5.41 Å². The highest BCUT2D eigenvalue weighted by molar-refractivity contribution is 14.1. The summed E-state index contributed by atoms with van der Waals surface area (Å²) in [4.78, 5) is 2.53. The van der Waals surface area contributed by atoms with Gasteiger partial charge in [-0.25, -0.2) is 0 Å². The van der Waals surface area contributed by atoms with E-state index in [1.54, 1.807) is 0 Å². The molecule has 3 heteroatoms. The first-order valence-corrected chi connectivity index (χ1v) is 5.84. The monoisotopic (exact) mass is 281 g/mol. The van der Waals surface area contributed by atoms with Crippen LogP contribution in [0.2, 0.25) is 0 Å². The van der Waals surface area contributed by atoms with Crippen molar-refractivity contribution in [2.45, 2.75) is 23.8 Å². The van der Waals surface area contributed by atoms with Gasteiger partial charge in [-0.3, -0.25) is 4.90 Å². The molecule has 0 N–H and O–H groups in total. The zero-order valence-electron chi connectivity index (χ0n) is 7.72. The second-order valence-electron chi connectivity index (χ2n) is 4.34. The van der Waals surface area contributed by atoms with E-state index in [2.05, 4.69) is 41.3 Å². The summed E-state index contributed by atoms with van der Waals surface area (Å²) in [5.74, 6) is 0. The van der Waals surface area contributed by atoms with Crippen molar-refractivity contribution in [3.63, 3.8) is 0 Å². The number of hydrogen-bond donors (Lipinski definition) is 0. The maximum Gasteiger partial charge on any atom is 0.0591 e. The van der Waals surface area contributed by atoms with Crippen molar-refractivity contribution < 1.29 is 4.74 Å². The lowest BCUT2D eigenvalue weighted by atomic mass is 9.78. The van der Waals surface area contributed by atoms with Crippen LogP contribution in [0.15, 0.2) is 0 Å². The van der Waals surface area contributed by atoms with Crippen molar-refractivity contribution in [1.82, 2.24) is 4.90 Å². The minimum absolute atomic E-state index is 0.519. The van der Waals surface area contributed by atoms with Crippen molar-refractivity contribution in [3.05, 3.63) is 0 Å². The molecule has 0 aliphatic carbocycles. The van der Waals surface area contributed by atoms with E-state index in [9.17, 15) is 0 Å². The maximum atomic E-state index is 5.51. The Labute approximate surface area is 87.8 Å². The van der Waals surface area contributed by atoms with Crippen LogP contribution in [0, 0.1) is 5.41 Å². The third-order valence-electron chi connectivity index (χ3n) is 3.08. The van der Waals surface area contributed by atoms with E-state index in [0.29, 0.717) is 11.5 Å². The number of nitrogens with zero attached hydrogens (tertiary/aromatic N) is 1. The molecule has 2 rings (SSSR count). The Balaban J connectivity index is 1.93. The van der Waals surface area contributed by atoms with Gasteiger partial charge in [0.2, 0.25) is 0 Å². The standard InChI is InChI=1S/C9H16INO/c1-7(2)11-4-9(5-11)6-12-3-8(9)10/h7-8H,3-6H2,1-2H3. The van der Waals surface area contributed by atoms with Gasteiger partial charge in [-0.1, -0.05) is 22.6 Å². The highest BCUT2D eigenvalue weighted by Gasteiger charge is 2.51. The number of ether oxygens (including phenoxy) is 1. The molecule has 1 spiro atoms. The van der Waals surface area contributed by atoms with Gasteiger partial charge in [0.25, 0.3) is 0 Å². The lowest BCUT2D eigenvalue weighted by Gasteiger charge is -2.51. The Morgan fingerprint density at radius 3 is 2.58 bits per heavy atom. The Kier molecular flexibility index (Phi) is 2.38. The second-order valence-corrected chi connectivity index (χ2v) is 5.85. The van der Waals surface area contributed by atoms with Gasteiger partial charge in [-0.15, -0.1) is 0 Å². The fourth-order valence-corrected chi connectivity index (χ4v) is 2.88. The largest absolute Gasteiger partial charge is 0.380 e. The number of likely N-dealkylation sites (tertiary alicyclic amines) is 1. The van der Waals surface area contributed by atoms with Crippen LogP contribution in [0.3, 0.4) is 0 Å². The predicted octanol–water partition coefficient (Wildman–Crippen LogP) is 1.53.